The van der Waals surface area contributed by atoms with Gasteiger partial charge < -0.3 is 10.3 Å². The van der Waals surface area contributed by atoms with Crippen LogP contribution in [0, 0.1) is 6.92 Å². The van der Waals surface area contributed by atoms with Crippen LogP contribution in [0.2, 0.25) is 0 Å². The van der Waals surface area contributed by atoms with Crippen molar-refractivity contribution in [2.75, 3.05) is 0 Å². The van der Waals surface area contributed by atoms with Gasteiger partial charge in [0.1, 0.15) is 4.88 Å². The summed E-state index contributed by atoms with van der Waals surface area (Å²) in [4.78, 5) is 16.6. The molecule has 0 saturated carbocycles. The molecule has 1 aliphatic rings. The molecule has 1 atom stereocenters. The molecule has 2 heterocycles. The number of fused-ring (bicyclic) bond motifs is 3. The van der Waals surface area contributed by atoms with Gasteiger partial charge in [0.15, 0.2) is 0 Å². The van der Waals surface area contributed by atoms with Crippen LogP contribution in [0.1, 0.15) is 45.5 Å². The number of nitrogens with zero attached hydrogens (tertiary/aromatic N) is 2. The fourth-order valence-corrected chi connectivity index (χ4v) is 4.16. The van der Waals surface area contributed by atoms with E-state index in [0.29, 0.717) is 10.6 Å². The molecule has 2 aromatic heterocycles. The lowest BCUT2D eigenvalue weighted by Gasteiger charge is -2.23. The average Bonchev–Trinajstić information content (AvgIpc) is 3.11. The number of hydrogen-bond donors (Lipinski definition) is 2. The van der Waals surface area contributed by atoms with Crippen molar-refractivity contribution < 1.29 is 4.79 Å². The van der Waals surface area contributed by atoms with E-state index < -0.39 is 0 Å². The minimum atomic E-state index is -0.0878. The molecule has 0 saturated heterocycles. The second-order valence-corrected chi connectivity index (χ2v) is 7.48. The van der Waals surface area contributed by atoms with E-state index in [9.17, 15) is 4.79 Å². The summed E-state index contributed by atoms with van der Waals surface area (Å²) in [7, 11) is 0. The van der Waals surface area contributed by atoms with Crippen molar-refractivity contribution in [2.45, 2.75) is 32.2 Å². The number of benzene rings is 1. The van der Waals surface area contributed by atoms with Gasteiger partial charge in [0, 0.05) is 21.1 Å². The molecule has 2 N–H and O–H groups in total. The van der Waals surface area contributed by atoms with Crippen LogP contribution in [0.15, 0.2) is 22.7 Å². The predicted octanol–water partition coefficient (Wildman–Crippen LogP) is 3.90. The molecule has 7 heteroatoms. The summed E-state index contributed by atoms with van der Waals surface area (Å²) in [5.41, 5.74) is 4.25. The zero-order chi connectivity index (χ0) is 16.0. The second kappa shape index (κ2) is 5.72. The van der Waals surface area contributed by atoms with Gasteiger partial charge >= 0.3 is 0 Å². The SMILES string of the molecule is Cc1nnsc1C(=O)NC1CCCc2c1[nH]c1ccc(Br)cc21. The Kier molecular flexibility index (Phi) is 3.69. The number of aryl methyl sites for hydroxylation is 2. The lowest BCUT2D eigenvalue weighted by atomic mass is 9.91. The molecule has 4 rings (SSSR count). The van der Waals surface area contributed by atoms with E-state index >= 15 is 0 Å². The van der Waals surface area contributed by atoms with E-state index in [1.807, 2.05) is 13.0 Å². The van der Waals surface area contributed by atoms with Gasteiger partial charge in [0.2, 0.25) is 0 Å². The summed E-state index contributed by atoms with van der Waals surface area (Å²) in [5, 5.41) is 8.30. The first-order chi connectivity index (χ1) is 11.1. The third-order valence-corrected chi connectivity index (χ3v) is 5.65. The maximum atomic E-state index is 12.5. The number of aromatic nitrogens is 3. The van der Waals surface area contributed by atoms with E-state index in [0.717, 1.165) is 46.5 Å². The lowest BCUT2D eigenvalue weighted by Crippen LogP contribution is -2.31. The Morgan fingerprint density at radius 2 is 2.35 bits per heavy atom. The molecule has 1 amide bonds. The summed E-state index contributed by atoms with van der Waals surface area (Å²) in [6.07, 6.45) is 3.05. The fourth-order valence-electron chi connectivity index (χ4n) is 3.24. The van der Waals surface area contributed by atoms with Gasteiger partial charge in [-0.3, -0.25) is 4.79 Å². The zero-order valence-electron chi connectivity index (χ0n) is 12.5. The molecular weight excluding hydrogens is 376 g/mol. The molecule has 1 aliphatic carbocycles. The van der Waals surface area contributed by atoms with Crippen molar-refractivity contribution in [3.8, 4) is 0 Å². The molecule has 0 aliphatic heterocycles. The molecule has 0 radical (unpaired) electrons. The second-order valence-electron chi connectivity index (χ2n) is 5.81. The minimum absolute atomic E-state index is 0.0129. The van der Waals surface area contributed by atoms with Crippen LogP contribution in [0.5, 0.6) is 0 Å². The van der Waals surface area contributed by atoms with Crippen LogP contribution < -0.4 is 5.32 Å². The number of aromatic amines is 1. The van der Waals surface area contributed by atoms with Crippen molar-refractivity contribution in [2.24, 2.45) is 0 Å². The Morgan fingerprint density at radius 3 is 3.13 bits per heavy atom. The number of rotatable bonds is 2. The van der Waals surface area contributed by atoms with Crippen LogP contribution in [-0.4, -0.2) is 20.5 Å². The standard InChI is InChI=1S/C16H15BrN4OS/c1-8-15(23-21-20-8)16(22)19-13-4-2-3-10-11-7-9(17)5-6-12(11)18-14(10)13/h5-7,13,18H,2-4H2,1H3,(H,19,22). The maximum absolute atomic E-state index is 12.5. The zero-order valence-corrected chi connectivity index (χ0v) is 14.9. The van der Waals surface area contributed by atoms with E-state index in [4.69, 9.17) is 0 Å². The number of nitrogens with one attached hydrogen (secondary N) is 2. The van der Waals surface area contributed by atoms with Crippen LogP contribution in [0.3, 0.4) is 0 Å². The number of hydrogen-bond acceptors (Lipinski definition) is 4. The molecule has 5 nitrogen and oxygen atoms in total. The van der Waals surface area contributed by atoms with Crippen LogP contribution in [0.25, 0.3) is 10.9 Å². The maximum Gasteiger partial charge on any atom is 0.265 e. The van der Waals surface area contributed by atoms with Gasteiger partial charge in [-0.15, -0.1) is 5.10 Å². The van der Waals surface area contributed by atoms with Gasteiger partial charge in [-0.2, -0.15) is 0 Å². The number of carbonyl (C=O) groups excluding carboxylic acids is 1. The fraction of sp³-hybridized carbons (Fsp3) is 0.312. The molecular formula is C16H15BrN4OS. The molecule has 0 spiro atoms. The van der Waals surface area contributed by atoms with Crippen LogP contribution in [-0.2, 0) is 6.42 Å². The Labute approximate surface area is 145 Å². The Morgan fingerprint density at radius 1 is 1.48 bits per heavy atom. The molecule has 0 bridgehead atoms. The topological polar surface area (TPSA) is 70.7 Å². The smallest absolute Gasteiger partial charge is 0.265 e. The Balaban J connectivity index is 1.69. The van der Waals surface area contributed by atoms with E-state index in [-0.39, 0.29) is 11.9 Å². The van der Waals surface area contributed by atoms with Crippen molar-refractivity contribution >= 4 is 44.3 Å². The highest BCUT2D eigenvalue weighted by atomic mass is 79.9. The molecule has 0 fully saturated rings. The largest absolute Gasteiger partial charge is 0.356 e. The minimum Gasteiger partial charge on any atom is -0.356 e. The van der Waals surface area contributed by atoms with Gasteiger partial charge in [-0.25, -0.2) is 0 Å². The summed E-state index contributed by atoms with van der Waals surface area (Å²) in [6, 6.07) is 6.27. The quantitative estimate of drug-likeness (QED) is 0.696. The molecule has 3 aromatic rings. The lowest BCUT2D eigenvalue weighted by molar-refractivity contribution is 0.0935. The summed E-state index contributed by atoms with van der Waals surface area (Å²) >= 11 is 4.68. The number of amides is 1. The third kappa shape index (κ3) is 2.57. The average molecular weight is 391 g/mol. The molecule has 118 valence electrons. The summed E-state index contributed by atoms with van der Waals surface area (Å²) in [6.45, 7) is 1.81. The van der Waals surface area contributed by atoms with Gasteiger partial charge in [-0.05, 0) is 61.5 Å². The summed E-state index contributed by atoms with van der Waals surface area (Å²) < 4.78 is 4.92. The number of carbonyl (C=O) groups is 1. The summed E-state index contributed by atoms with van der Waals surface area (Å²) in [5.74, 6) is -0.0878. The first-order valence-corrected chi connectivity index (χ1v) is 9.10. The monoisotopic (exact) mass is 390 g/mol. The predicted molar refractivity (Wildman–Crippen MR) is 93.8 cm³/mol. The Hall–Kier alpha value is -1.73. The molecule has 23 heavy (non-hydrogen) atoms. The third-order valence-electron chi connectivity index (χ3n) is 4.33. The first-order valence-electron chi connectivity index (χ1n) is 7.53. The van der Waals surface area contributed by atoms with Gasteiger partial charge in [-0.1, -0.05) is 20.4 Å². The first kappa shape index (κ1) is 14.8. The van der Waals surface area contributed by atoms with Crippen molar-refractivity contribution in [1.82, 2.24) is 19.9 Å². The Bertz CT molecular complexity index is 901. The number of H-pyrrole nitrogens is 1. The highest BCUT2D eigenvalue weighted by molar-refractivity contribution is 9.10. The van der Waals surface area contributed by atoms with Crippen molar-refractivity contribution in [3.63, 3.8) is 0 Å². The van der Waals surface area contributed by atoms with Gasteiger partial charge in [0.05, 0.1) is 11.7 Å². The van der Waals surface area contributed by atoms with Crippen molar-refractivity contribution in [3.05, 3.63) is 44.5 Å². The van der Waals surface area contributed by atoms with E-state index in [2.05, 4.69) is 48.0 Å². The highest BCUT2D eigenvalue weighted by Gasteiger charge is 2.27. The number of halogens is 1. The van der Waals surface area contributed by atoms with Gasteiger partial charge in [0.25, 0.3) is 5.91 Å². The molecule has 1 aromatic carbocycles. The van der Waals surface area contributed by atoms with Crippen LogP contribution >= 0.6 is 27.5 Å². The molecule has 1 unspecified atom stereocenters. The van der Waals surface area contributed by atoms with Crippen molar-refractivity contribution in [1.29, 1.82) is 0 Å². The normalized spacial score (nSPS) is 17.2. The highest BCUT2D eigenvalue weighted by Crippen LogP contribution is 2.36. The van der Waals surface area contributed by atoms with E-state index in [1.54, 1.807) is 0 Å². The van der Waals surface area contributed by atoms with E-state index in [1.165, 1.54) is 10.9 Å². The van der Waals surface area contributed by atoms with Crippen LogP contribution in [0.4, 0.5) is 0 Å².